The number of rotatable bonds is 5. The molecule has 0 rings (SSSR count). The van der Waals surface area contributed by atoms with Crippen LogP contribution in [-0.4, -0.2) is 54.0 Å². The Bertz CT molecular complexity index is 422. The fourth-order valence-corrected chi connectivity index (χ4v) is 1.75. The van der Waals surface area contributed by atoms with Crippen LogP contribution in [0.5, 0.6) is 0 Å². The van der Waals surface area contributed by atoms with Crippen LogP contribution in [-0.2, 0) is 19.0 Å². The molecule has 8 heteroatoms. The van der Waals surface area contributed by atoms with Crippen molar-refractivity contribution in [2.75, 3.05) is 13.7 Å². The smallest absolute Gasteiger partial charge is 0.420 e. The second kappa shape index (κ2) is 8.86. The molecule has 0 saturated heterocycles. The van der Waals surface area contributed by atoms with E-state index in [4.69, 9.17) is 19.9 Å². The minimum Gasteiger partial charge on any atom is -0.467 e. The molecule has 24 heavy (non-hydrogen) atoms. The summed E-state index contributed by atoms with van der Waals surface area (Å²) in [5, 5.41) is 0. The molecule has 0 unspecified atom stereocenters. The molecule has 0 aliphatic carbocycles. The normalized spacial score (nSPS) is 13.0. The van der Waals surface area contributed by atoms with Crippen LogP contribution in [0.25, 0.3) is 0 Å². The zero-order chi connectivity index (χ0) is 19.1. The van der Waals surface area contributed by atoms with Crippen LogP contribution in [0.4, 0.5) is 9.59 Å². The zero-order valence-electron chi connectivity index (χ0n) is 15.7. The summed E-state index contributed by atoms with van der Waals surface area (Å²) < 4.78 is 15.2. The lowest BCUT2D eigenvalue weighted by Crippen LogP contribution is -2.52. The van der Waals surface area contributed by atoms with Crippen molar-refractivity contribution in [2.45, 2.75) is 71.6 Å². The van der Waals surface area contributed by atoms with Crippen molar-refractivity contribution in [1.82, 2.24) is 4.90 Å². The second-order valence-corrected chi connectivity index (χ2v) is 7.30. The number of amides is 2. The first kappa shape index (κ1) is 22.2. The first-order valence-electron chi connectivity index (χ1n) is 7.85. The third kappa shape index (κ3) is 8.14. The van der Waals surface area contributed by atoms with E-state index in [9.17, 15) is 14.4 Å². The molecular formula is C16H30N2O6. The van der Waals surface area contributed by atoms with Crippen LogP contribution in [0.15, 0.2) is 0 Å². The van der Waals surface area contributed by atoms with Crippen molar-refractivity contribution in [3.05, 3.63) is 0 Å². The number of carbonyl (C=O) groups excluding carboxylic acids is 3. The molecule has 2 N–H and O–H groups in total. The van der Waals surface area contributed by atoms with Gasteiger partial charge in [-0.15, -0.1) is 0 Å². The highest BCUT2D eigenvalue weighted by atomic mass is 16.6. The number of hydrogen-bond donors (Lipinski definition) is 1. The number of nitrogens with zero attached hydrogens (tertiary/aromatic N) is 1. The van der Waals surface area contributed by atoms with E-state index in [2.05, 4.69) is 0 Å². The number of esters is 1. The van der Waals surface area contributed by atoms with Crippen LogP contribution in [0.3, 0.4) is 0 Å². The molecule has 0 aliphatic rings. The highest BCUT2D eigenvalue weighted by molar-refractivity contribution is 5.94. The molecular weight excluding hydrogens is 316 g/mol. The fourth-order valence-electron chi connectivity index (χ4n) is 1.75. The average Bonchev–Trinajstić information content (AvgIpc) is 2.38. The maximum atomic E-state index is 12.5. The minimum absolute atomic E-state index is 0.154. The standard InChI is InChI=1S/C16H30N2O6/c1-15(2,3)23-13(20)18(14(21)24-16(4,5)6)11(9-8-10-17)12(19)22-7/h11H,8-10,17H2,1-7H3/t11-/m0/s1. The Hall–Kier alpha value is -1.83. The van der Waals surface area contributed by atoms with Crippen molar-refractivity contribution in [3.8, 4) is 0 Å². The Kier molecular flexibility index (Phi) is 8.19. The Morgan fingerprint density at radius 2 is 1.38 bits per heavy atom. The van der Waals surface area contributed by atoms with E-state index < -0.39 is 35.4 Å². The average molecular weight is 346 g/mol. The van der Waals surface area contributed by atoms with Crippen LogP contribution in [0.2, 0.25) is 0 Å². The summed E-state index contributed by atoms with van der Waals surface area (Å²) in [6.07, 6.45) is -1.36. The molecule has 0 fully saturated rings. The van der Waals surface area contributed by atoms with Gasteiger partial charge in [-0.3, -0.25) is 0 Å². The van der Waals surface area contributed by atoms with Crippen LogP contribution >= 0.6 is 0 Å². The summed E-state index contributed by atoms with van der Waals surface area (Å²) in [4.78, 5) is 37.7. The summed E-state index contributed by atoms with van der Waals surface area (Å²) in [6, 6.07) is -1.16. The van der Waals surface area contributed by atoms with Crippen molar-refractivity contribution >= 4 is 18.2 Å². The van der Waals surface area contributed by atoms with E-state index in [0.29, 0.717) is 17.9 Å². The molecule has 8 nitrogen and oxygen atoms in total. The first-order valence-corrected chi connectivity index (χ1v) is 7.85. The predicted molar refractivity (Wildman–Crippen MR) is 88.4 cm³/mol. The van der Waals surface area contributed by atoms with Crippen molar-refractivity contribution in [3.63, 3.8) is 0 Å². The molecule has 0 bridgehead atoms. The lowest BCUT2D eigenvalue weighted by Gasteiger charge is -2.32. The lowest BCUT2D eigenvalue weighted by atomic mass is 10.1. The summed E-state index contributed by atoms with van der Waals surface area (Å²) in [5.74, 6) is -0.736. The highest BCUT2D eigenvalue weighted by Crippen LogP contribution is 2.19. The summed E-state index contributed by atoms with van der Waals surface area (Å²) >= 11 is 0. The predicted octanol–water partition coefficient (Wildman–Crippen LogP) is 2.44. The van der Waals surface area contributed by atoms with E-state index in [1.807, 2.05) is 0 Å². The molecule has 140 valence electrons. The molecule has 0 aromatic heterocycles. The largest absolute Gasteiger partial charge is 0.467 e. The SMILES string of the molecule is COC(=O)[C@H](CCCN)N(C(=O)OC(C)(C)C)C(=O)OC(C)(C)C. The number of hydrogen-bond acceptors (Lipinski definition) is 7. The van der Waals surface area contributed by atoms with Crippen LogP contribution < -0.4 is 5.73 Å². The molecule has 0 radical (unpaired) electrons. The number of ether oxygens (including phenoxy) is 3. The van der Waals surface area contributed by atoms with Gasteiger partial charge in [0.25, 0.3) is 0 Å². The highest BCUT2D eigenvalue weighted by Gasteiger charge is 2.40. The van der Waals surface area contributed by atoms with Gasteiger partial charge in [0.1, 0.15) is 17.2 Å². The van der Waals surface area contributed by atoms with Gasteiger partial charge in [0.05, 0.1) is 7.11 Å². The Morgan fingerprint density at radius 3 is 1.67 bits per heavy atom. The number of imide groups is 1. The quantitative estimate of drug-likeness (QED) is 0.601. The van der Waals surface area contributed by atoms with E-state index in [1.54, 1.807) is 41.5 Å². The van der Waals surface area contributed by atoms with Gasteiger partial charge in [-0.05, 0) is 60.9 Å². The minimum atomic E-state index is -1.16. The topological polar surface area (TPSA) is 108 Å². The number of carbonyl (C=O) groups is 3. The van der Waals surface area contributed by atoms with E-state index in [-0.39, 0.29) is 6.42 Å². The van der Waals surface area contributed by atoms with Gasteiger partial charge < -0.3 is 19.9 Å². The van der Waals surface area contributed by atoms with Crippen molar-refractivity contribution in [2.24, 2.45) is 5.73 Å². The molecule has 1 atom stereocenters. The number of methoxy groups -OCH3 is 1. The van der Waals surface area contributed by atoms with Gasteiger partial charge in [-0.1, -0.05) is 0 Å². The maximum Gasteiger partial charge on any atom is 0.420 e. The third-order valence-electron chi connectivity index (χ3n) is 2.65. The second-order valence-electron chi connectivity index (χ2n) is 7.30. The van der Waals surface area contributed by atoms with Gasteiger partial charge >= 0.3 is 18.2 Å². The van der Waals surface area contributed by atoms with Gasteiger partial charge in [0.15, 0.2) is 0 Å². The van der Waals surface area contributed by atoms with Crippen LogP contribution in [0, 0.1) is 0 Å². The Balaban J connectivity index is 5.65. The summed E-state index contributed by atoms with van der Waals surface area (Å²) in [6.45, 7) is 10.2. The molecule has 0 aromatic rings. The maximum absolute atomic E-state index is 12.5. The monoisotopic (exact) mass is 346 g/mol. The summed E-state index contributed by atoms with van der Waals surface area (Å²) in [7, 11) is 1.18. The van der Waals surface area contributed by atoms with Gasteiger partial charge in [-0.2, -0.15) is 4.90 Å². The Morgan fingerprint density at radius 1 is 0.958 bits per heavy atom. The molecule has 2 amide bonds. The Labute approximate surface area is 143 Å². The van der Waals surface area contributed by atoms with Gasteiger partial charge in [-0.25, -0.2) is 14.4 Å². The van der Waals surface area contributed by atoms with Gasteiger partial charge in [0, 0.05) is 0 Å². The van der Waals surface area contributed by atoms with Crippen molar-refractivity contribution < 1.29 is 28.6 Å². The lowest BCUT2D eigenvalue weighted by molar-refractivity contribution is -0.147. The zero-order valence-corrected chi connectivity index (χ0v) is 15.7. The molecule has 0 saturated carbocycles. The summed E-state index contributed by atoms with van der Waals surface area (Å²) in [5.41, 5.74) is 3.79. The molecule has 0 aliphatic heterocycles. The van der Waals surface area contributed by atoms with E-state index in [1.165, 1.54) is 7.11 Å². The molecule has 0 heterocycles. The first-order chi connectivity index (χ1) is 10.8. The van der Waals surface area contributed by atoms with E-state index in [0.717, 1.165) is 0 Å². The van der Waals surface area contributed by atoms with Crippen molar-refractivity contribution in [1.29, 1.82) is 0 Å². The third-order valence-corrected chi connectivity index (χ3v) is 2.65. The van der Waals surface area contributed by atoms with Gasteiger partial charge in [0.2, 0.25) is 0 Å². The fraction of sp³-hybridized carbons (Fsp3) is 0.812. The molecule has 0 spiro atoms. The van der Waals surface area contributed by atoms with Crippen LogP contribution in [0.1, 0.15) is 54.4 Å². The molecule has 0 aromatic carbocycles. The number of nitrogens with two attached hydrogens (primary N) is 1. The van der Waals surface area contributed by atoms with E-state index >= 15 is 0 Å².